The number of nitrogens with one attached hydrogen (secondary N) is 1. The molecule has 4 rings (SSSR count). The highest BCUT2D eigenvalue weighted by atomic mass is 16.6. The van der Waals surface area contributed by atoms with E-state index in [4.69, 9.17) is 0 Å². The van der Waals surface area contributed by atoms with Crippen LogP contribution in [0.15, 0.2) is 18.2 Å². The molecule has 1 amide bonds. The topological polar surface area (TPSA) is 78.7 Å². The Labute approximate surface area is 166 Å². The monoisotopic (exact) mass is 386 g/mol. The van der Waals surface area contributed by atoms with Gasteiger partial charge in [0, 0.05) is 36.8 Å². The lowest BCUT2D eigenvalue weighted by Crippen LogP contribution is -2.48. The van der Waals surface area contributed by atoms with Crippen LogP contribution in [0.3, 0.4) is 0 Å². The van der Waals surface area contributed by atoms with Gasteiger partial charge in [0.05, 0.1) is 4.92 Å². The van der Waals surface area contributed by atoms with Gasteiger partial charge in [0.2, 0.25) is 0 Å². The summed E-state index contributed by atoms with van der Waals surface area (Å²) in [6.45, 7) is 3.94. The number of benzene rings is 1. The van der Waals surface area contributed by atoms with Crippen LogP contribution in [-0.2, 0) is 0 Å². The number of nitrogens with zero attached hydrogens (tertiary/aromatic N) is 3. The molecule has 0 aromatic heterocycles. The van der Waals surface area contributed by atoms with Crippen molar-refractivity contribution in [2.75, 3.05) is 31.1 Å². The zero-order chi connectivity index (χ0) is 19.5. The van der Waals surface area contributed by atoms with Crippen LogP contribution in [0.2, 0.25) is 0 Å². The van der Waals surface area contributed by atoms with Gasteiger partial charge in [-0.15, -0.1) is 0 Å². The van der Waals surface area contributed by atoms with Crippen LogP contribution in [0.25, 0.3) is 0 Å². The van der Waals surface area contributed by atoms with E-state index in [0.717, 1.165) is 51.9 Å². The molecule has 1 aliphatic carbocycles. The fourth-order valence-electron chi connectivity index (χ4n) is 4.51. The summed E-state index contributed by atoms with van der Waals surface area (Å²) >= 11 is 0. The van der Waals surface area contributed by atoms with Crippen molar-refractivity contribution >= 4 is 17.3 Å². The summed E-state index contributed by atoms with van der Waals surface area (Å²) < 4.78 is 0. The first kappa shape index (κ1) is 19.2. The summed E-state index contributed by atoms with van der Waals surface area (Å²) in [4.78, 5) is 28.4. The lowest BCUT2D eigenvalue weighted by atomic mass is 10.0. The standard InChI is InChI=1S/C21H30N4O3/c26-21(22-17-8-9-17)16-7-10-19(20(14-16)25(27)28)24-13-5-6-18(15-24)23-11-3-1-2-4-12-23/h7,10,14,17-18H,1-6,8-9,11-13,15H2,(H,22,26). The molecule has 152 valence electrons. The number of anilines is 1. The van der Waals surface area contributed by atoms with Crippen LogP contribution >= 0.6 is 0 Å². The average molecular weight is 386 g/mol. The van der Waals surface area contributed by atoms with Gasteiger partial charge >= 0.3 is 0 Å². The van der Waals surface area contributed by atoms with E-state index in [9.17, 15) is 14.9 Å². The normalized spacial score (nSPS) is 23.9. The maximum atomic E-state index is 12.3. The fourth-order valence-corrected chi connectivity index (χ4v) is 4.51. The molecule has 28 heavy (non-hydrogen) atoms. The van der Waals surface area contributed by atoms with E-state index in [1.807, 2.05) is 0 Å². The van der Waals surface area contributed by atoms with Crippen LogP contribution in [0, 0.1) is 10.1 Å². The first-order chi connectivity index (χ1) is 13.6. The molecule has 1 aromatic rings. The average Bonchev–Trinajstić information content (AvgIpc) is 3.54. The molecule has 1 saturated carbocycles. The Hall–Kier alpha value is -2.15. The second-order valence-electron chi connectivity index (χ2n) is 8.40. The molecule has 3 fully saturated rings. The number of nitro benzene ring substituents is 1. The Kier molecular flexibility index (Phi) is 5.80. The van der Waals surface area contributed by atoms with Crippen LogP contribution < -0.4 is 10.2 Å². The molecule has 0 bridgehead atoms. The minimum atomic E-state index is -0.348. The molecule has 1 unspecified atom stereocenters. The highest BCUT2D eigenvalue weighted by Gasteiger charge is 2.30. The zero-order valence-electron chi connectivity index (χ0n) is 16.4. The molecule has 1 N–H and O–H groups in total. The van der Waals surface area contributed by atoms with E-state index in [1.54, 1.807) is 12.1 Å². The van der Waals surface area contributed by atoms with Crippen molar-refractivity contribution < 1.29 is 9.72 Å². The quantitative estimate of drug-likeness (QED) is 0.620. The van der Waals surface area contributed by atoms with E-state index < -0.39 is 0 Å². The smallest absolute Gasteiger partial charge is 0.293 e. The van der Waals surface area contributed by atoms with Crippen LogP contribution in [0.1, 0.15) is 61.7 Å². The molecular weight excluding hydrogens is 356 g/mol. The minimum Gasteiger partial charge on any atom is -0.364 e. The number of nitro groups is 1. The number of hydrogen-bond donors (Lipinski definition) is 1. The van der Waals surface area contributed by atoms with Gasteiger partial charge in [-0.25, -0.2) is 0 Å². The number of amides is 1. The van der Waals surface area contributed by atoms with E-state index in [2.05, 4.69) is 15.1 Å². The Balaban J connectivity index is 1.51. The highest BCUT2D eigenvalue weighted by Crippen LogP contribution is 2.33. The second kappa shape index (κ2) is 8.47. The van der Waals surface area contributed by atoms with Crippen LogP contribution in [0.5, 0.6) is 0 Å². The minimum absolute atomic E-state index is 0.0416. The Morgan fingerprint density at radius 3 is 2.46 bits per heavy atom. The first-order valence-corrected chi connectivity index (χ1v) is 10.7. The number of piperidine rings is 1. The number of carbonyl (C=O) groups is 1. The SMILES string of the molecule is O=C(NC1CC1)c1ccc(N2CCCC(N3CCCCCC3)C2)c([N+](=O)[O-])c1. The summed E-state index contributed by atoms with van der Waals surface area (Å²) in [5.41, 5.74) is 1.07. The predicted molar refractivity (Wildman–Crippen MR) is 109 cm³/mol. The zero-order valence-corrected chi connectivity index (χ0v) is 16.4. The van der Waals surface area contributed by atoms with Crippen molar-refractivity contribution in [1.29, 1.82) is 0 Å². The largest absolute Gasteiger partial charge is 0.364 e. The van der Waals surface area contributed by atoms with E-state index in [-0.39, 0.29) is 22.6 Å². The Bertz CT molecular complexity index is 726. The van der Waals surface area contributed by atoms with Crippen LogP contribution in [0.4, 0.5) is 11.4 Å². The third kappa shape index (κ3) is 4.46. The van der Waals surface area contributed by atoms with Gasteiger partial charge in [-0.3, -0.25) is 19.8 Å². The van der Waals surface area contributed by atoms with Gasteiger partial charge in [-0.05, 0) is 63.7 Å². The van der Waals surface area contributed by atoms with E-state index >= 15 is 0 Å². The molecule has 3 aliphatic rings. The molecule has 1 aromatic carbocycles. The van der Waals surface area contributed by atoms with Gasteiger partial charge in [-0.2, -0.15) is 0 Å². The molecule has 2 saturated heterocycles. The molecule has 7 heteroatoms. The van der Waals surface area contributed by atoms with Crippen molar-refractivity contribution in [1.82, 2.24) is 10.2 Å². The number of likely N-dealkylation sites (tertiary alicyclic amines) is 1. The molecule has 0 spiro atoms. The first-order valence-electron chi connectivity index (χ1n) is 10.7. The molecule has 2 aliphatic heterocycles. The van der Waals surface area contributed by atoms with Gasteiger partial charge < -0.3 is 10.2 Å². The van der Waals surface area contributed by atoms with E-state index in [0.29, 0.717) is 17.3 Å². The summed E-state index contributed by atoms with van der Waals surface area (Å²) in [5, 5.41) is 14.6. The summed E-state index contributed by atoms with van der Waals surface area (Å²) in [6, 6.07) is 5.65. The molecular formula is C21H30N4O3. The maximum Gasteiger partial charge on any atom is 0.293 e. The molecule has 2 heterocycles. The number of hydrogen-bond acceptors (Lipinski definition) is 5. The summed E-state index contributed by atoms with van der Waals surface area (Å²) in [6.07, 6.45) is 9.32. The predicted octanol–water partition coefficient (Wildman–Crippen LogP) is 3.33. The van der Waals surface area contributed by atoms with Crippen LogP contribution in [-0.4, -0.2) is 54.0 Å². The lowest BCUT2D eigenvalue weighted by Gasteiger charge is -2.40. The van der Waals surface area contributed by atoms with Crippen molar-refractivity contribution in [3.05, 3.63) is 33.9 Å². The third-order valence-electron chi connectivity index (χ3n) is 6.24. The summed E-state index contributed by atoms with van der Waals surface area (Å²) in [7, 11) is 0. The van der Waals surface area contributed by atoms with Gasteiger partial charge in [0.1, 0.15) is 5.69 Å². The molecule has 7 nitrogen and oxygen atoms in total. The number of carbonyl (C=O) groups excluding carboxylic acids is 1. The Morgan fingerprint density at radius 2 is 1.79 bits per heavy atom. The molecule has 1 atom stereocenters. The van der Waals surface area contributed by atoms with E-state index in [1.165, 1.54) is 31.7 Å². The second-order valence-corrected chi connectivity index (χ2v) is 8.40. The lowest BCUT2D eigenvalue weighted by molar-refractivity contribution is -0.384. The highest BCUT2D eigenvalue weighted by molar-refractivity contribution is 5.96. The fraction of sp³-hybridized carbons (Fsp3) is 0.667. The van der Waals surface area contributed by atoms with Gasteiger partial charge in [0.25, 0.3) is 11.6 Å². The molecule has 0 radical (unpaired) electrons. The Morgan fingerprint density at radius 1 is 1.04 bits per heavy atom. The van der Waals surface area contributed by atoms with Crippen molar-refractivity contribution in [3.8, 4) is 0 Å². The van der Waals surface area contributed by atoms with Crippen molar-refractivity contribution in [2.24, 2.45) is 0 Å². The third-order valence-corrected chi connectivity index (χ3v) is 6.24. The van der Waals surface area contributed by atoms with Gasteiger partial charge in [-0.1, -0.05) is 12.8 Å². The van der Waals surface area contributed by atoms with Gasteiger partial charge in [0.15, 0.2) is 0 Å². The van der Waals surface area contributed by atoms with Crippen molar-refractivity contribution in [3.63, 3.8) is 0 Å². The summed E-state index contributed by atoms with van der Waals surface area (Å²) in [5.74, 6) is -0.210. The number of rotatable bonds is 5. The van der Waals surface area contributed by atoms with Crippen molar-refractivity contribution in [2.45, 2.75) is 63.5 Å². The maximum absolute atomic E-state index is 12.3.